The van der Waals surface area contributed by atoms with Gasteiger partial charge in [-0.2, -0.15) is 0 Å². The summed E-state index contributed by atoms with van der Waals surface area (Å²) in [5.41, 5.74) is 5.46. The van der Waals surface area contributed by atoms with Gasteiger partial charge in [-0.15, -0.1) is 0 Å². The van der Waals surface area contributed by atoms with Crippen molar-refractivity contribution in [2.24, 2.45) is 5.73 Å². The van der Waals surface area contributed by atoms with Crippen molar-refractivity contribution >= 4 is 17.6 Å². The molecule has 1 saturated carbocycles. The number of primary amides is 1. The first-order valence-electron chi connectivity index (χ1n) is 6.57. The number of hydrogen-bond donors (Lipinski definition) is 2. The molecule has 1 fully saturated rings. The normalized spacial score (nSPS) is 15.2. The lowest BCUT2D eigenvalue weighted by atomic mass is 10.1. The predicted octanol–water partition coefficient (Wildman–Crippen LogP) is 1.76. The Balaban J connectivity index is 2.41. The van der Waals surface area contributed by atoms with Crippen LogP contribution in [0.2, 0.25) is 0 Å². The SMILES string of the molecule is NC(=O)CN(c1ccc(F)cc1C(=O)O)C1CCCC1. The Kier molecular flexibility index (Phi) is 4.22. The number of carboxylic acid groups (broad SMARTS) is 1. The lowest BCUT2D eigenvalue weighted by Gasteiger charge is -2.31. The summed E-state index contributed by atoms with van der Waals surface area (Å²) in [6.45, 7) is -0.0589. The smallest absolute Gasteiger partial charge is 0.337 e. The number of carbonyl (C=O) groups excluding carboxylic acids is 1. The van der Waals surface area contributed by atoms with Crippen molar-refractivity contribution < 1.29 is 19.1 Å². The Hall–Kier alpha value is -2.11. The van der Waals surface area contributed by atoms with Crippen molar-refractivity contribution in [3.63, 3.8) is 0 Å². The van der Waals surface area contributed by atoms with Gasteiger partial charge in [-0.05, 0) is 31.0 Å². The van der Waals surface area contributed by atoms with E-state index in [1.165, 1.54) is 12.1 Å². The molecule has 0 aliphatic heterocycles. The average Bonchev–Trinajstić information content (AvgIpc) is 2.89. The highest BCUT2D eigenvalue weighted by Crippen LogP contribution is 2.30. The van der Waals surface area contributed by atoms with Crippen LogP contribution in [0.25, 0.3) is 0 Å². The molecule has 0 atom stereocenters. The third-order valence-corrected chi connectivity index (χ3v) is 3.59. The van der Waals surface area contributed by atoms with Gasteiger partial charge in [-0.25, -0.2) is 9.18 Å². The van der Waals surface area contributed by atoms with Crippen molar-refractivity contribution in [3.8, 4) is 0 Å². The van der Waals surface area contributed by atoms with Crippen LogP contribution in [-0.2, 0) is 4.79 Å². The summed E-state index contributed by atoms with van der Waals surface area (Å²) in [6.07, 6.45) is 3.82. The number of aromatic carboxylic acids is 1. The number of halogens is 1. The molecule has 2 rings (SSSR count). The number of benzene rings is 1. The number of rotatable bonds is 5. The first-order valence-corrected chi connectivity index (χ1v) is 6.57. The van der Waals surface area contributed by atoms with Crippen LogP contribution < -0.4 is 10.6 Å². The van der Waals surface area contributed by atoms with Gasteiger partial charge in [0.1, 0.15) is 5.82 Å². The number of amides is 1. The van der Waals surface area contributed by atoms with Gasteiger partial charge >= 0.3 is 5.97 Å². The molecular formula is C14H17FN2O3. The Morgan fingerprint density at radius 1 is 1.35 bits per heavy atom. The molecule has 0 spiro atoms. The van der Waals surface area contributed by atoms with Crippen molar-refractivity contribution in [1.29, 1.82) is 0 Å². The number of carboxylic acids is 1. The molecule has 5 nitrogen and oxygen atoms in total. The summed E-state index contributed by atoms with van der Waals surface area (Å²) in [6, 6.07) is 3.65. The van der Waals surface area contributed by atoms with E-state index in [1.54, 1.807) is 4.90 Å². The highest BCUT2D eigenvalue weighted by molar-refractivity contribution is 5.95. The summed E-state index contributed by atoms with van der Waals surface area (Å²) < 4.78 is 13.2. The molecule has 108 valence electrons. The first-order chi connectivity index (χ1) is 9.49. The molecule has 0 bridgehead atoms. The first kappa shape index (κ1) is 14.3. The number of carbonyl (C=O) groups is 2. The third kappa shape index (κ3) is 3.07. The van der Waals surface area contributed by atoms with Crippen LogP contribution >= 0.6 is 0 Å². The lowest BCUT2D eigenvalue weighted by molar-refractivity contribution is -0.116. The maximum atomic E-state index is 13.2. The van der Waals surface area contributed by atoms with E-state index in [0.29, 0.717) is 5.69 Å². The van der Waals surface area contributed by atoms with E-state index in [0.717, 1.165) is 31.7 Å². The second-order valence-electron chi connectivity index (χ2n) is 5.00. The van der Waals surface area contributed by atoms with Gasteiger partial charge in [0.05, 0.1) is 17.8 Å². The third-order valence-electron chi connectivity index (χ3n) is 3.59. The highest BCUT2D eigenvalue weighted by Gasteiger charge is 2.27. The van der Waals surface area contributed by atoms with Crippen LogP contribution in [0.1, 0.15) is 36.0 Å². The minimum atomic E-state index is -1.22. The van der Waals surface area contributed by atoms with Crippen LogP contribution in [-0.4, -0.2) is 29.6 Å². The Morgan fingerprint density at radius 2 is 2.00 bits per heavy atom. The summed E-state index contributed by atoms with van der Waals surface area (Å²) in [4.78, 5) is 24.2. The molecule has 0 radical (unpaired) electrons. The van der Waals surface area contributed by atoms with Crippen LogP contribution in [0.3, 0.4) is 0 Å². The Bertz CT molecular complexity index is 527. The molecule has 3 N–H and O–H groups in total. The fourth-order valence-corrected chi connectivity index (χ4v) is 2.72. The van der Waals surface area contributed by atoms with E-state index >= 15 is 0 Å². The molecule has 6 heteroatoms. The van der Waals surface area contributed by atoms with Gasteiger partial charge in [0.25, 0.3) is 0 Å². The van der Waals surface area contributed by atoms with Crippen molar-refractivity contribution in [1.82, 2.24) is 0 Å². The molecule has 0 aromatic heterocycles. The zero-order valence-corrected chi connectivity index (χ0v) is 11.0. The van der Waals surface area contributed by atoms with E-state index in [-0.39, 0.29) is 18.2 Å². The number of nitrogens with zero attached hydrogens (tertiary/aromatic N) is 1. The number of hydrogen-bond acceptors (Lipinski definition) is 3. The number of anilines is 1. The van der Waals surface area contributed by atoms with Crippen LogP contribution in [0.5, 0.6) is 0 Å². The average molecular weight is 280 g/mol. The predicted molar refractivity (Wildman–Crippen MR) is 72.2 cm³/mol. The summed E-state index contributed by atoms with van der Waals surface area (Å²) in [5.74, 6) is -2.36. The van der Waals surface area contributed by atoms with Crippen LogP contribution in [0.15, 0.2) is 18.2 Å². The van der Waals surface area contributed by atoms with E-state index in [4.69, 9.17) is 5.73 Å². The quantitative estimate of drug-likeness (QED) is 0.860. The largest absolute Gasteiger partial charge is 0.478 e. The van der Waals surface area contributed by atoms with Gasteiger partial charge < -0.3 is 15.7 Å². The van der Waals surface area contributed by atoms with Crippen molar-refractivity contribution in [2.75, 3.05) is 11.4 Å². The second-order valence-corrected chi connectivity index (χ2v) is 5.00. The van der Waals surface area contributed by atoms with E-state index < -0.39 is 17.7 Å². The Morgan fingerprint density at radius 3 is 2.55 bits per heavy atom. The molecule has 1 aromatic rings. The molecule has 1 aliphatic rings. The van der Waals surface area contributed by atoms with Crippen LogP contribution in [0.4, 0.5) is 10.1 Å². The monoisotopic (exact) mass is 280 g/mol. The molecular weight excluding hydrogens is 263 g/mol. The molecule has 0 saturated heterocycles. The standard InChI is InChI=1S/C14H17FN2O3/c15-9-5-6-12(11(7-9)14(19)20)17(8-13(16)18)10-3-1-2-4-10/h5-7,10H,1-4,8H2,(H2,16,18)(H,19,20). The molecule has 1 aromatic carbocycles. The topological polar surface area (TPSA) is 83.6 Å². The molecule has 20 heavy (non-hydrogen) atoms. The van der Waals surface area contributed by atoms with Crippen molar-refractivity contribution in [3.05, 3.63) is 29.6 Å². The van der Waals surface area contributed by atoms with E-state index in [2.05, 4.69) is 0 Å². The van der Waals surface area contributed by atoms with Gasteiger partial charge in [-0.3, -0.25) is 4.79 Å². The molecule has 0 heterocycles. The van der Waals surface area contributed by atoms with Gasteiger partial charge in [0.2, 0.25) is 5.91 Å². The maximum Gasteiger partial charge on any atom is 0.337 e. The minimum Gasteiger partial charge on any atom is -0.478 e. The Labute approximate surface area is 116 Å². The van der Waals surface area contributed by atoms with Gasteiger partial charge in [-0.1, -0.05) is 12.8 Å². The van der Waals surface area contributed by atoms with Crippen molar-refractivity contribution in [2.45, 2.75) is 31.7 Å². The molecule has 1 aliphatic carbocycles. The van der Waals surface area contributed by atoms with Crippen LogP contribution in [0, 0.1) is 5.82 Å². The van der Waals surface area contributed by atoms with Gasteiger partial charge in [0.15, 0.2) is 0 Å². The van der Waals surface area contributed by atoms with E-state index in [1.807, 2.05) is 0 Å². The number of nitrogens with two attached hydrogens (primary N) is 1. The second kappa shape index (κ2) is 5.90. The van der Waals surface area contributed by atoms with E-state index in [9.17, 15) is 19.1 Å². The van der Waals surface area contributed by atoms with Gasteiger partial charge in [0, 0.05) is 6.04 Å². The minimum absolute atomic E-state index is 0.0589. The maximum absolute atomic E-state index is 13.2. The highest BCUT2D eigenvalue weighted by atomic mass is 19.1. The zero-order chi connectivity index (χ0) is 14.7. The lowest BCUT2D eigenvalue weighted by Crippen LogP contribution is -2.41. The zero-order valence-electron chi connectivity index (χ0n) is 11.0. The molecule has 1 amide bonds. The fourth-order valence-electron chi connectivity index (χ4n) is 2.72. The molecule has 0 unspecified atom stereocenters. The fraction of sp³-hybridized carbons (Fsp3) is 0.429. The summed E-state index contributed by atoms with van der Waals surface area (Å²) >= 11 is 0. The summed E-state index contributed by atoms with van der Waals surface area (Å²) in [5, 5.41) is 9.21. The summed E-state index contributed by atoms with van der Waals surface area (Å²) in [7, 11) is 0.